The van der Waals surface area contributed by atoms with Gasteiger partial charge in [0.2, 0.25) is 5.91 Å². The molecular weight excluding hydrogens is 621 g/mol. The van der Waals surface area contributed by atoms with E-state index < -0.39 is 37.2 Å². The smallest absolute Gasteiger partial charge is 0.222 e. The van der Waals surface area contributed by atoms with Crippen LogP contribution in [0.5, 0.6) is 0 Å². The van der Waals surface area contributed by atoms with E-state index in [2.05, 4.69) is 20.9 Å². The van der Waals surface area contributed by atoms with Gasteiger partial charge in [-0.3, -0.25) is 20.3 Å². The fourth-order valence-electron chi connectivity index (χ4n) is 8.25. The summed E-state index contributed by atoms with van der Waals surface area (Å²) in [6.07, 6.45) is 0.348. The van der Waals surface area contributed by atoms with Crippen LogP contribution in [-0.4, -0.2) is 156 Å². The van der Waals surface area contributed by atoms with Crippen molar-refractivity contribution in [3.05, 3.63) is 0 Å². The molecule has 0 radical (unpaired) electrons. The monoisotopic (exact) mass is 677 g/mol. The molecule has 0 bridgehead atoms. The fourth-order valence-corrected chi connectivity index (χ4v) is 8.42. The molecule has 5 aliphatic rings. The van der Waals surface area contributed by atoms with Crippen LogP contribution in [0.1, 0.15) is 51.4 Å². The van der Waals surface area contributed by atoms with Crippen LogP contribution in [0, 0.1) is 29.1 Å². The van der Waals surface area contributed by atoms with Crippen molar-refractivity contribution in [3.63, 3.8) is 0 Å². The van der Waals surface area contributed by atoms with E-state index in [9.17, 15) is 25.2 Å². The minimum absolute atomic E-state index is 0.00941. The molecule has 266 valence electrons. The molecule has 7 atom stereocenters. The molecule has 2 aliphatic carbocycles. The number of rotatable bonds is 15. The van der Waals surface area contributed by atoms with Crippen LogP contribution in [0.2, 0.25) is 0 Å². The molecule has 1 spiro atoms. The standard InChI is InChI=1S/C32H57ClFN5O7/c33-24-12-36-31(37-13-24)38-5-3-32(4-6-38)9-21(10-32)19-46-18-20-1-2-23(25(34)7-20)8-28(43)39-15-22(16-39)11-35-14-26(41)29(44)30(45)27(42)17-40/h20-27,29-31,35-37,40-42,44-45H,1-19H2/t20?,23?,24?,25?,26-,27+,29+,30+,31?/m0/s1. The van der Waals surface area contributed by atoms with E-state index in [0.29, 0.717) is 50.4 Å². The van der Waals surface area contributed by atoms with Crippen LogP contribution in [0.15, 0.2) is 0 Å². The highest BCUT2D eigenvalue weighted by atomic mass is 35.5. The fraction of sp³-hybridized carbons (Fsp3) is 0.969. The molecule has 12 nitrogen and oxygen atoms in total. The lowest BCUT2D eigenvalue weighted by molar-refractivity contribution is -0.139. The summed E-state index contributed by atoms with van der Waals surface area (Å²) in [5, 5.41) is 58.0. The molecule has 0 aromatic carbocycles. The molecule has 0 aromatic rings. The molecule has 8 N–H and O–H groups in total. The van der Waals surface area contributed by atoms with Gasteiger partial charge in [0.1, 0.15) is 30.8 Å². The number of piperidine rings is 1. The summed E-state index contributed by atoms with van der Waals surface area (Å²) >= 11 is 6.18. The Morgan fingerprint density at radius 1 is 0.978 bits per heavy atom. The Labute approximate surface area is 277 Å². The number of nitrogens with zero attached hydrogens (tertiary/aromatic N) is 2. The zero-order valence-electron chi connectivity index (χ0n) is 27.0. The third-order valence-electron chi connectivity index (χ3n) is 11.3. The van der Waals surface area contributed by atoms with Crippen molar-refractivity contribution in [2.45, 2.75) is 93.6 Å². The van der Waals surface area contributed by atoms with E-state index >= 15 is 4.39 Å². The molecule has 1 amide bonds. The van der Waals surface area contributed by atoms with E-state index in [1.54, 1.807) is 4.90 Å². The van der Waals surface area contributed by atoms with Gasteiger partial charge in [-0.05, 0) is 68.1 Å². The Hall–Kier alpha value is -0.710. The maximum Gasteiger partial charge on any atom is 0.222 e. The predicted molar refractivity (Wildman–Crippen MR) is 171 cm³/mol. The minimum Gasteiger partial charge on any atom is -0.394 e. The zero-order valence-corrected chi connectivity index (χ0v) is 27.7. The van der Waals surface area contributed by atoms with Crippen molar-refractivity contribution < 1.29 is 39.5 Å². The predicted octanol–water partition coefficient (Wildman–Crippen LogP) is -0.793. The molecule has 3 heterocycles. The number of ether oxygens (including phenoxy) is 1. The Morgan fingerprint density at radius 3 is 2.28 bits per heavy atom. The molecule has 3 saturated heterocycles. The van der Waals surface area contributed by atoms with Gasteiger partial charge in [0.05, 0.1) is 18.1 Å². The van der Waals surface area contributed by atoms with Crippen molar-refractivity contribution in [3.8, 4) is 0 Å². The first-order valence-corrected chi connectivity index (χ1v) is 17.9. The Balaban J connectivity index is 0.884. The van der Waals surface area contributed by atoms with E-state index in [-0.39, 0.29) is 48.3 Å². The number of halogens is 2. The van der Waals surface area contributed by atoms with Gasteiger partial charge < -0.3 is 40.5 Å². The summed E-state index contributed by atoms with van der Waals surface area (Å²) in [5.41, 5.74) is 0.471. The van der Waals surface area contributed by atoms with Crippen LogP contribution < -0.4 is 16.0 Å². The topological polar surface area (TPSA) is 170 Å². The third-order valence-corrected chi connectivity index (χ3v) is 11.6. The summed E-state index contributed by atoms with van der Waals surface area (Å²) in [6, 6.07) is 0. The van der Waals surface area contributed by atoms with Gasteiger partial charge in [-0.1, -0.05) is 0 Å². The highest BCUT2D eigenvalue weighted by molar-refractivity contribution is 6.21. The molecule has 5 fully saturated rings. The summed E-state index contributed by atoms with van der Waals surface area (Å²) in [5.74, 6) is 0.740. The third kappa shape index (κ3) is 9.50. The maximum absolute atomic E-state index is 15.1. The number of alkyl halides is 2. The number of carbonyl (C=O) groups excluding carboxylic acids is 1. The van der Waals surface area contributed by atoms with E-state index in [4.69, 9.17) is 21.4 Å². The highest BCUT2D eigenvalue weighted by Crippen LogP contribution is 2.52. The van der Waals surface area contributed by atoms with Crippen molar-refractivity contribution in [1.29, 1.82) is 0 Å². The van der Waals surface area contributed by atoms with Crippen LogP contribution >= 0.6 is 11.6 Å². The van der Waals surface area contributed by atoms with Crippen molar-refractivity contribution in [1.82, 2.24) is 25.8 Å². The number of nitrogens with one attached hydrogen (secondary N) is 3. The molecule has 46 heavy (non-hydrogen) atoms. The lowest BCUT2D eigenvalue weighted by Gasteiger charge is -2.53. The normalized spacial score (nSPS) is 33.6. The SMILES string of the molecule is O=C(CC1CCC(COCC2CC3(CCN(C4NCC(Cl)CN4)CC3)C2)CC1F)N1CC(CNC[C@H](O)[C@@H](O)[C@H](O)[C@H](O)CO)C1. The first kappa shape index (κ1) is 36.6. The number of amides is 1. The largest absolute Gasteiger partial charge is 0.394 e. The number of carbonyl (C=O) groups is 1. The number of hydrogen-bond donors (Lipinski definition) is 8. The Morgan fingerprint density at radius 2 is 1.63 bits per heavy atom. The van der Waals surface area contributed by atoms with E-state index in [0.717, 1.165) is 39.2 Å². The first-order valence-electron chi connectivity index (χ1n) is 17.4. The van der Waals surface area contributed by atoms with Crippen molar-refractivity contribution >= 4 is 17.5 Å². The maximum atomic E-state index is 15.1. The molecule has 14 heteroatoms. The average molecular weight is 678 g/mol. The Bertz CT molecular complexity index is 946. The van der Waals surface area contributed by atoms with Gasteiger partial charge in [-0.2, -0.15) is 0 Å². The highest BCUT2D eigenvalue weighted by Gasteiger charge is 2.46. The second-order valence-corrected chi connectivity index (χ2v) is 15.6. The minimum atomic E-state index is -1.65. The molecular formula is C32H57ClFN5O7. The Kier molecular flexibility index (Phi) is 13.4. The van der Waals surface area contributed by atoms with Gasteiger partial charge >= 0.3 is 0 Å². The summed E-state index contributed by atoms with van der Waals surface area (Å²) in [6.45, 7) is 6.16. The second kappa shape index (κ2) is 16.8. The van der Waals surface area contributed by atoms with E-state index in [1.165, 1.54) is 25.7 Å². The summed E-state index contributed by atoms with van der Waals surface area (Å²) < 4.78 is 21.2. The first-order chi connectivity index (χ1) is 22.1. The van der Waals surface area contributed by atoms with Gasteiger partial charge in [0.25, 0.3) is 0 Å². The lowest BCUT2D eigenvalue weighted by atomic mass is 9.58. The summed E-state index contributed by atoms with van der Waals surface area (Å²) in [7, 11) is 0. The lowest BCUT2D eigenvalue weighted by Crippen LogP contribution is -2.64. The number of hydrogen-bond acceptors (Lipinski definition) is 11. The molecule has 3 unspecified atom stereocenters. The second-order valence-electron chi connectivity index (χ2n) is 14.9. The van der Waals surface area contributed by atoms with E-state index in [1.807, 2.05) is 0 Å². The average Bonchev–Trinajstić information content (AvgIpc) is 3.01. The van der Waals surface area contributed by atoms with Crippen LogP contribution in [0.4, 0.5) is 4.39 Å². The van der Waals surface area contributed by atoms with Crippen molar-refractivity contribution in [2.75, 3.05) is 72.2 Å². The van der Waals surface area contributed by atoms with Gasteiger partial charge in [0, 0.05) is 77.9 Å². The summed E-state index contributed by atoms with van der Waals surface area (Å²) in [4.78, 5) is 17.0. The molecule has 2 saturated carbocycles. The van der Waals surface area contributed by atoms with Gasteiger partial charge in [0.15, 0.2) is 0 Å². The molecule has 0 aromatic heterocycles. The van der Waals surface area contributed by atoms with Gasteiger partial charge in [-0.15, -0.1) is 11.6 Å². The van der Waals surface area contributed by atoms with Gasteiger partial charge in [-0.25, -0.2) is 4.39 Å². The van der Waals surface area contributed by atoms with Crippen molar-refractivity contribution in [2.24, 2.45) is 29.1 Å². The van der Waals surface area contributed by atoms with Crippen LogP contribution in [0.25, 0.3) is 0 Å². The zero-order chi connectivity index (χ0) is 32.8. The van der Waals surface area contributed by atoms with Crippen LogP contribution in [-0.2, 0) is 9.53 Å². The molecule has 3 aliphatic heterocycles. The number of likely N-dealkylation sites (tertiary alicyclic amines) is 2. The number of aliphatic hydroxyl groups is 5. The van der Waals surface area contributed by atoms with Crippen LogP contribution in [0.3, 0.4) is 0 Å². The number of aliphatic hydroxyl groups excluding tert-OH is 5. The quantitative estimate of drug-likeness (QED) is 0.102. The molecule has 5 rings (SSSR count).